The maximum Gasteiger partial charge on any atom is 0.256 e. The summed E-state index contributed by atoms with van der Waals surface area (Å²) in [5, 5.41) is 2.91. The van der Waals surface area contributed by atoms with Crippen LogP contribution in [0.4, 0.5) is 0 Å². The number of aromatic nitrogens is 1. The molecule has 1 N–H and O–H groups in total. The summed E-state index contributed by atoms with van der Waals surface area (Å²) in [5.41, 5.74) is 1.74. The van der Waals surface area contributed by atoms with Gasteiger partial charge in [0.2, 0.25) is 5.91 Å². The van der Waals surface area contributed by atoms with Gasteiger partial charge in [0, 0.05) is 43.3 Å². The molecule has 0 aliphatic carbocycles. The van der Waals surface area contributed by atoms with Gasteiger partial charge >= 0.3 is 0 Å². The van der Waals surface area contributed by atoms with Crippen molar-refractivity contribution in [1.82, 2.24) is 20.1 Å². The zero-order valence-corrected chi connectivity index (χ0v) is 22.1. The van der Waals surface area contributed by atoms with Gasteiger partial charge in [0.1, 0.15) is 17.5 Å². The minimum absolute atomic E-state index is 0.0429. The highest BCUT2D eigenvalue weighted by Gasteiger charge is 2.54. The summed E-state index contributed by atoms with van der Waals surface area (Å²) in [6.07, 6.45) is 2.47. The highest BCUT2D eigenvalue weighted by Crippen LogP contribution is 2.39. The van der Waals surface area contributed by atoms with Crippen LogP contribution in [0.15, 0.2) is 72.9 Å². The number of nitrogens with zero attached hydrogens (tertiary/aromatic N) is 3. The third-order valence-corrected chi connectivity index (χ3v) is 7.50. The van der Waals surface area contributed by atoms with Gasteiger partial charge in [-0.2, -0.15) is 0 Å². The number of methoxy groups -OCH3 is 1. The van der Waals surface area contributed by atoms with Crippen molar-refractivity contribution in [3.8, 4) is 5.75 Å². The van der Waals surface area contributed by atoms with Crippen LogP contribution in [-0.2, 0) is 16.1 Å². The molecule has 1 aromatic heterocycles. The minimum Gasteiger partial charge on any atom is -0.497 e. The summed E-state index contributed by atoms with van der Waals surface area (Å²) < 4.78 is 11.5. The smallest absolute Gasteiger partial charge is 0.256 e. The van der Waals surface area contributed by atoms with E-state index in [9.17, 15) is 14.4 Å². The average molecular weight is 529 g/mol. The third kappa shape index (κ3) is 5.35. The number of piperidine rings is 1. The number of likely N-dealkylation sites (tertiary alicyclic amines) is 1. The number of carbonyl (C=O) groups excluding carboxylic acids is 3. The first-order valence-electron chi connectivity index (χ1n) is 13.1. The van der Waals surface area contributed by atoms with Crippen molar-refractivity contribution >= 4 is 17.7 Å². The van der Waals surface area contributed by atoms with E-state index >= 15 is 0 Å². The van der Waals surface area contributed by atoms with Gasteiger partial charge in [-0.1, -0.05) is 24.3 Å². The van der Waals surface area contributed by atoms with Gasteiger partial charge in [-0.25, -0.2) is 0 Å². The molecule has 1 atom stereocenters. The molecule has 2 aliphatic heterocycles. The molecular formula is C30H32N4O5. The van der Waals surface area contributed by atoms with Gasteiger partial charge in [0.15, 0.2) is 0 Å². The van der Waals surface area contributed by atoms with Crippen molar-refractivity contribution in [2.45, 2.75) is 38.1 Å². The lowest BCUT2D eigenvalue weighted by Crippen LogP contribution is -2.59. The highest BCUT2D eigenvalue weighted by atomic mass is 16.5. The van der Waals surface area contributed by atoms with Gasteiger partial charge < -0.3 is 19.7 Å². The molecule has 9 heteroatoms. The number of hydrogen-bond acceptors (Lipinski definition) is 6. The number of benzene rings is 2. The van der Waals surface area contributed by atoms with Gasteiger partial charge in [-0.3, -0.25) is 24.3 Å². The van der Waals surface area contributed by atoms with E-state index in [0.717, 1.165) is 11.3 Å². The van der Waals surface area contributed by atoms with E-state index < -0.39 is 11.8 Å². The summed E-state index contributed by atoms with van der Waals surface area (Å²) in [6, 6.07) is 19.0. The van der Waals surface area contributed by atoms with E-state index in [4.69, 9.17) is 9.47 Å². The fourth-order valence-corrected chi connectivity index (χ4v) is 5.28. The van der Waals surface area contributed by atoms with Gasteiger partial charge in [0.05, 0.1) is 26.0 Å². The lowest BCUT2D eigenvalue weighted by molar-refractivity contribution is -0.128. The second-order valence-electron chi connectivity index (χ2n) is 9.82. The summed E-state index contributed by atoms with van der Waals surface area (Å²) in [5.74, 6) is -0.0186. The molecule has 2 aliphatic rings. The molecule has 0 radical (unpaired) electrons. The molecule has 2 aromatic carbocycles. The number of amides is 3. The van der Waals surface area contributed by atoms with E-state index in [2.05, 4.69) is 10.3 Å². The predicted molar refractivity (Wildman–Crippen MR) is 144 cm³/mol. The Labute approximate surface area is 227 Å². The first-order chi connectivity index (χ1) is 18.9. The van der Waals surface area contributed by atoms with Crippen molar-refractivity contribution in [3.63, 3.8) is 0 Å². The molecule has 3 heterocycles. The Balaban J connectivity index is 1.37. The van der Waals surface area contributed by atoms with Gasteiger partial charge in [-0.05, 0) is 55.0 Å². The predicted octanol–water partition coefficient (Wildman–Crippen LogP) is 3.19. The first kappa shape index (κ1) is 26.4. The van der Waals surface area contributed by atoms with E-state index in [-0.39, 0.29) is 30.9 Å². The Morgan fingerprint density at radius 3 is 2.38 bits per heavy atom. The molecule has 5 rings (SSSR count). The van der Waals surface area contributed by atoms with Crippen LogP contribution in [0.1, 0.15) is 44.8 Å². The summed E-state index contributed by atoms with van der Waals surface area (Å²) in [7, 11) is 1.56. The number of hydrogen-bond donors (Lipinski definition) is 1. The van der Waals surface area contributed by atoms with Crippen molar-refractivity contribution in [2.24, 2.45) is 0 Å². The second kappa shape index (κ2) is 11.2. The SMILES string of the molecule is COc1ccc(C(=O)N2[C@@H](C(=O)NCc3ccccn3)COC23CCN(C(=O)c2ccccc2C)CC3)cc1. The molecule has 3 amide bonds. The Kier molecular flexibility index (Phi) is 7.60. The van der Waals surface area contributed by atoms with Crippen LogP contribution in [0.3, 0.4) is 0 Å². The molecule has 0 saturated carbocycles. The van der Waals surface area contributed by atoms with Crippen molar-refractivity contribution < 1.29 is 23.9 Å². The van der Waals surface area contributed by atoms with E-state index in [1.807, 2.05) is 49.4 Å². The van der Waals surface area contributed by atoms with E-state index in [0.29, 0.717) is 42.8 Å². The number of aryl methyl sites for hydroxylation is 1. The van der Waals surface area contributed by atoms with Crippen LogP contribution in [0, 0.1) is 6.92 Å². The fourth-order valence-electron chi connectivity index (χ4n) is 5.28. The third-order valence-electron chi connectivity index (χ3n) is 7.50. The monoisotopic (exact) mass is 528 g/mol. The van der Waals surface area contributed by atoms with Gasteiger partial charge in [-0.15, -0.1) is 0 Å². The van der Waals surface area contributed by atoms with Crippen LogP contribution in [-0.4, -0.2) is 71.1 Å². The lowest BCUT2D eigenvalue weighted by atomic mass is 9.95. The minimum atomic E-state index is -0.994. The number of ether oxygens (including phenoxy) is 2. The molecule has 0 unspecified atom stereocenters. The fraction of sp³-hybridized carbons (Fsp3) is 0.333. The largest absolute Gasteiger partial charge is 0.497 e. The molecule has 1 spiro atoms. The maximum absolute atomic E-state index is 13.9. The number of nitrogens with one attached hydrogen (secondary N) is 1. The van der Waals surface area contributed by atoms with Crippen LogP contribution in [0.5, 0.6) is 5.75 Å². The van der Waals surface area contributed by atoms with Crippen LogP contribution in [0.2, 0.25) is 0 Å². The Bertz CT molecular complexity index is 1340. The summed E-state index contributed by atoms with van der Waals surface area (Å²) in [4.78, 5) is 48.2. The van der Waals surface area contributed by atoms with Crippen LogP contribution in [0.25, 0.3) is 0 Å². The topological polar surface area (TPSA) is 101 Å². The molecule has 2 saturated heterocycles. The number of pyridine rings is 1. The Morgan fingerprint density at radius 1 is 1.00 bits per heavy atom. The van der Waals surface area contributed by atoms with Gasteiger partial charge in [0.25, 0.3) is 11.8 Å². The molecule has 0 bridgehead atoms. The Morgan fingerprint density at radius 2 is 1.72 bits per heavy atom. The number of rotatable bonds is 6. The molecule has 3 aromatic rings. The molecule has 9 nitrogen and oxygen atoms in total. The van der Waals surface area contributed by atoms with E-state index in [1.54, 1.807) is 47.4 Å². The normalized spacial score (nSPS) is 18.2. The van der Waals surface area contributed by atoms with E-state index in [1.165, 1.54) is 0 Å². The standard InChI is InChI=1S/C30H32N4O5/c1-21-7-3-4-9-25(21)29(37)33-17-14-30(15-18-33)34(28(36)22-10-12-24(38-2)13-11-22)26(20-39-30)27(35)32-19-23-8-5-6-16-31-23/h3-13,16,26H,14-15,17-20H2,1-2H3,(H,32,35)/t26-/m1/s1. The quantitative estimate of drug-likeness (QED) is 0.528. The lowest BCUT2D eigenvalue weighted by Gasteiger charge is -2.44. The number of carbonyl (C=O) groups is 3. The zero-order valence-electron chi connectivity index (χ0n) is 22.1. The molecular weight excluding hydrogens is 496 g/mol. The summed E-state index contributed by atoms with van der Waals surface area (Å²) in [6.45, 7) is 3.04. The highest BCUT2D eigenvalue weighted by molar-refractivity contribution is 5.99. The molecule has 202 valence electrons. The van der Waals surface area contributed by atoms with Crippen LogP contribution >= 0.6 is 0 Å². The summed E-state index contributed by atoms with van der Waals surface area (Å²) >= 11 is 0. The second-order valence-corrected chi connectivity index (χ2v) is 9.82. The Hall–Kier alpha value is -4.24. The zero-order chi connectivity index (χ0) is 27.4. The van der Waals surface area contributed by atoms with Crippen LogP contribution < -0.4 is 10.1 Å². The maximum atomic E-state index is 13.9. The molecule has 39 heavy (non-hydrogen) atoms. The van der Waals surface area contributed by atoms with Crippen molar-refractivity contribution in [3.05, 3.63) is 95.3 Å². The average Bonchev–Trinajstić information content (AvgIpc) is 3.34. The van der Waals surface area contributed by atoms with Crippen molar-refractivity contribution in [2.75, 3.05) is 26.8 Å². The molecule has 2 fully saturated rings. The first-order valence-corrected chi connectivity index (χ1v) is 13.1. The van der Waals surface area contributed by atoms with Crippen molar-refractivity contribution in [1.29, 1.82) is 0 Å².